The Hall–Kier alpha value is -2.40. The monoisotopic (exact) mass is 264 g/mol. The van der Waals surface area contributed by atoms with Crippen molar-refractivity contribution in [2.24, 2.45) is 0 Å². The third-order valence-electron chi connectivity index (χ3n) is 1.77. The molecule has 0 radical (unpaired) electrons. The number of H-pyrrole nitrogens is 1. The maximum atomic E-state index is 10.7. The lowest BCUT2D eigenvalue weighted by Gasteiger charge is -1.88. The first-order valence-electron chi connectivity index (χ1n) is 3.77. The smallest absolute Gasteiger partial charge is 0.380 e. The molecule has 9 N–H and O–H groups in total. The Labute approximate surface area is 99.5 Å². The van der Waals surface area contributed by atoms with Gasteiger partial charge in [-0.3, -0.25) is 10.1 Å². The van der Waals surface area contributed by atoms with Crippen LogP contribution >= 0.6 is 0 Å². The summed E-state index contributed by atoms with van der Waals surface area (Å²) in [6.45, 7) is 0. The highest BCUT2D eigenvalue weighted by Crippen LogP contribution is 2.21. The first kappa shape index (κ1) is 14.6. The number of hydrogen-bond donors (Lipinski definition) is 4. The number of anilines is 3. The number of aromatic amines is 1. The fourth-order valence-corrected chi connectivity index (χ4v) is 1.20. The molecule has 11 nitrogen and oxygen atoms in total. The molecule has 0 atom stereocenters. The second-order valence-corrected chi connectivity index (χ2v) is 2.73. The SMILES string of the molecule is Nc1nc(N)[n+]2[nH]c(N)c([N+](=O)[O-])c2n1.O.[Cl-]. The second-order valence-electron chi connectivity index (χ2n) is 2.73. The van der Waals surface area contributed by atoms with E-state index in [2.05, 4.69) is 15.1 Å². The minimum Gasteiger partial charge on any atom is -1.00 e. The van der Waals surface area contributed by atoms with Crippen LogP contribution in [0.2, 0.25) is 0 Å². The summed E-state index contributed by atoms with van der Waals surface area (Å²) in [6.07, 6.45) is 0. The van der Waals surface area contributed by atoms with E-state index in [9.17, 15) is 10.1 Å². The molecular weight excluding hydrogens is 256 g/mol. The van der Waals surface area contributed by atoms with Gasteiger partial charge in [-0.25, -0.2) is 5.10 Å². The van der Waals surface area contributed by atoms with Crippen molar-refractivity contribution in [2.45, 2.75) is 0 Å². The predicted molar refractivity (Wildman–Crippen MR) is 53.0 cm³/mol. The summed E-state index contributed by atoms with van der Waals surface area (Å²) in [5.41, 5.74) is 15.7. The summed E-state index contributed by atoms with van der Waals surface area (Å²) in [7, 11) is 0. The molecule has 0 amide bonds. The van der Waals surface area contributed by atoms with E-state index in [4.69, 9.17) is 17.2 Å². The number of nitrogen functional groups attached to an aromatic ring is 3. The number of nitrogens with one attached hydrogen (secondary N) is 1. The number of hydrogen-bond acceptors (Lipinski definition) is 7. The van der Waals surface area contributed by atoms with Crippen molar-refractivity contribution in [2.75, 3.05) is 17.2 Å². The molecule has 2 aromatic rings. The van der Waals surface area contributed by atoms with Crippen molar-refractivity contribution in [1.82, 2.24) is 15.1 Å². The molecule has 0 aromatic carbocycles. The lowest BCUT2D eigenvalue weighted by Crippen LogP contribution is -3.00. The Balaban J connectivity index is 0.00000128. The van der Waals surface area contributed by atoms with Crippen LogP contribution in [0.1, 0.15) is 0 Å². The summed E-state index contributed by atoms with van der Waals surface area (Å²) in [5, 5.41) is 13.1. The standard InChI is InChI=1S/C5H6N8O2.ClH.H2O/c6-2-1(13(14)15)3-9-4(7)10-5(8)12(3)11-2;;/h(H6,6,7,8,9,10,11);1H;1H2. The molecule has 0 bridgehead atoms. The maximum Gasteiger partial charge on any atom is 0.380 e. The number of rotatable bonds is 1. The fraction of sp³-hybridized carbons (Fsp3) is 0. The van der Waals surface area contributed by atoms with E-state index in [1.807, 2.05) is 0 Å². The van der Waals surface area contributed by atoms with Crippen LogP contribution < -0.4 is 34.1 Å². The van der Waals surface area contributed by atoms with Gasteiger partial charge < -0.3 is 35.1 Å². The van der Waals surface area contributed by atoms with Crippen molar-refractivity contribution in [3.05, 3.63) is 10.1 Å². The zero-order chi connectivity index (χ0) is 11.2. The van der Waals surface area contributed by atoms with Gasteiger partial charge in [-0.05, 0) is 0 Å². The molecule has 2 aromatic heterocycles. The van der Waals surface area contributed by atoms with Gasteiger partial charge in [0.05, 0.1) is 4.92 Å². The van der Waals surface area contributed by atoms with Gasteiger partial charge in [0, 0.05) is 0 Å². The molecule has 0 fully saturated rings. The Morgan fingerprint density at radius 2 is 1.88 bits per heavy atom. The molecule has 94 valence electrons. The van der Waals surface area contributed by atoms with Gasteiger partial charge in [0.15, 0.2) is 0 Å². The molecule has 0 aliphatic heterocycles. The molecule has 0 aliphatic carbocycles. The highest BCUT2D eigenvalue weighted by molar-refractivity contribution is 5.67. The van der Waals surface area contributed by atoms with E-state index < -0.39 is 4.92 Å². The summed E-state index contributed by atoms with van der Waals surface area (Å²) < 4.78 is 1.09. The minimum absolute atomic E-state index is 0. The largest absolute Gasteiger partial charge is 1.00 e. The van der Waals surface area contributed by atoms with Crippen LogP contribution in [0.3, 0.4) is 0 Å². The molecule has 0 unspecified atom stereocenters. The van der Waals surface area contributed by atoms with E-state index in [1.54, 1.807) is 0 Å². The van der Waals surface area contributed by atoms with Crippen LogP contribution in [0.15, 0.2) is 0 Å². The quantitative estimate of drug-likeness (QED) is 0.223. The number of nitrogens with two attached hydrogens (primary N) is 3. The van der Waals surface area contributed by atoms with Crippen LogP contribution in [0.5, 0.6) is 0 Å². The highest BCUT2D eigenvalue weighted by Gasteiger charge is 2.28. The lowest BCUT2D eigenvalue weighted by atomic mass is 10.5. The van der Waals surface area contributed by atoms with Crippen LogP contribution in [-0.2, 0) is 0 Å². The lowest BCUT2D eigenvalue weighted by molar-refractivity contribution is -0.566. The second kappa shape index (κ2) is 4.63. The first-order valence-corrected chi connectivity index (χ1v) is 3.77. The molecule has 0 aliphatic rings. The number of aromatic nitrogens is 4. The Bertz CT molecular complexity index is 568. The molecule has 12 heteroatoms. The van der Waals surface area contributed by atoms with E-state index in [-0.39, 0.29) is 46.9 Å². The van der Waals surface area contributed by atoms with Crippen molar-refractivity contribution < 1.29 is 27.3 Å². The summed E-state index contributed by atoms with van der Waals surface area (Å²) in [5.74, 6) is -0.376. The van der Waals surface area contributed by atoms with Crippen LogP contribution in [0.25, 0.3) is 5.65 Å². The van der Waals surface area contributed by atoms with E-state index >= 15 is 0 Å². The van der Waals surface area contributed by atoms with Crippen LogP contribution in [0.4, 0.5) is 23.4 Å². The first-order chi connectivity index (χ1) is 7.00. The molecule has 2 heterocycles. The van der Waals surface area contributed by atoms with E-state index in [0.29, 0.717) is 0 Å². The van der Waals surface area contributed by atoms with Crippen LogP contribution in [-0.4, -0.2) is 25.5 Å². The van der Waals surface area contributed by atoms with Gasteiger partial charge in [0.2, 0.25) is 5.82 Å². The van der Waals surface area contributed by atoms with E-state index in [1.165, 1.54) is 0 Å². The van der Waals surface area contributed by atoms with Gasteiger partial charge in [-0.15, -0.1) is 4.52 Å². The predicted octanol–water partition coefficient (Wildman–Crippen LogP) is -5.62. The topological polar surface area (TPSA) is 198 Å². The molecule has 2 rings (SSSR count). The Kier molecular flexibility index (Phi) is 3.97. The van der Waals surface area contributed by atoms with E-state index in [0.717, 1.165) is 4.52 Å². The van der Waals surface area contributed by atoms with Gasteiger partial charge in [0.1, 0.15) is 0 Å². The summed E-state index contributed by atoms with van der Waals surface area (Å²) in [4.78, 5) is 17.3. The Morgan fingerprint density at radius 3 is 2.41 bits per heavy atom. The molecule has 17 heavy (non-hydrogen) atoms. The summed E-state index contributed by atoms with van der Waals surface area (Å²) >= 11 is 0. The zero-order valence-corrected chi connectivity index (χ0v) is 8.97. The normalized spacial score (nSPS) is 9.41. The highest BCUT2D eigenvalue weighted by atomic mass is 35.5. The average Bonchev–Trinajstić information content (AvgIpc) is 2.41. The molecule has 0 saturated carbocycles. The van der Waals surface area contributed by atoms with Crippen molar-refractivity contribution in [1.29, 1.82) is 0 Å². The van der Waals surface area contributed by atoms with Gasteiger partial charge >= 0.3 is 23.2 Å². The fourth-order valence-electron chi connectivity index (χ4n) is 1.20. The van der Waals surface area contributed by atoms with Gasteiger partial charge in [-0.2, -0.15) is 0 Å². The van der Waals surface area contributed by atoms with Crippen molar-refractivity contribution in [3.8, 4) is 0 Å². The maximum absolute atomic E-state index is 10.7. The number of nitrogens with zero attached hydrogens (tertiary/aromatic N) is 4. The van der Waals surface area contributed by atoms with Crippen LogP contribution in [0, 0.1) is 10.1 Å². The summed E-state index contributed by atoms with van der Waals surface area (Å²) in [6, 6.07) is 0. The molecule has 0 spiro atoms. The van der Waals surface area contributed by atoms with Gasteiger partial charge in [0.25, 0.3) is 0 Å². The number of fused-ring (bicyclic) bond motifs is 1. The number of nitro groups is 1. The molecular formula is C5H9ClN8O3. The number of halogens is 1. The third kappa shape index (κ3) is 2.09. The minimum atomic E-state index is -0.674. The Morgan fingerprint density at radius 1 is 1.29 bits per heavy atom. The zero-order valence-electron chi connectivity index (χ0n) is 8.22. The van der Waals surface area contributed by atoms with Crippen molar-refractivity contribution in [3.63, 3.8) is 0 Å². The molecule has 0 saturated heterocycles. The average molecular weight is 265 g/mol. The van der Waals surface area contributed by atoms with Crippen molar-refractivity contribution >= 4 is 29.0 Å². The third-order valence-corrected chi connectivity index (χ3v) is 1.77. The van der Waals surface area contributed by atoms with Gasteiger partial charge in [-0.1, -0.05) is 9.97 Å².